The number of allylic oxidation sites excluding steroid dienone is 2. The van der Waals surface area contributed by atoms with Gasteiger partial charge in [0.15, 0.2) is 0 Å². The highest BCUT2D eigenvalue weighted by atomic mass is 79.9. The lowest BCUT2D eigenvalue weighted by atomic mass is 10.2. The minimum atomic E-state index is -1.01. The third-order valence-corrected chi connectivity index (χ3v) is 6.20. The molecule has 3 heterocycles. The van der Waals surface area contributed by atoms with Gasteiger partial charge in [-0.2, -0.15) is 0 Å². The molecule has 0 bridgehead atoms. The summed E-state index contributed by atoms with van der Waals surface area (Å²) < 4.78 is 12.9. The summed E-state index contributed by atoms with van der Waals surface area (Å²) in [7, 11) is -1.01. The fourth-order valence-electron chi connectivity index (χ4n) is 2.99. The summed E-state index contributed by atoms with van der Waals surface area (Å²) in [6.07, 6.45) is 2.32. The highest BCUT2D eigenvalue weighted by Crippen LogP contribution is 2.23. The molecule has 1 aromatic carbocycles. The van der Waals surface area contributed by atoms with Gasteiger partial charge in [-0.3, -0.25) is 14.4 Å². The first-order valence-corrected chi connectivity index (χ1v) is 10.0. The Bertz CT molecular complexity index is 851. The molecule has 3 aliphatic heterocycles. The van der Waals surface area contributed by atoms with Gasteiger partial charge < -0.3 is 9.80 Å². The molecule has 1 atom stereocenters. The van der Waals surface area contributed by atoms with Crippen LogP contribution in [0.5, 0.6) is 0 Å². The summed E-state index contributed by atoms with van der Waals surface area (Å²) in [5.41, 5.74) is 4.70. The average Bonchev–Trinajstić information content (AvgIpc) is 2.82. The van der Waals surface area contributed by atoms with Gasteiger partial charge in [0.05, 0.1) is 21.4 Å². The molecule has 1 aromatic rings. The molecule has 0 spiro atoms. The molecule has 1 unspecified atom stereocenters. The van der Waals surface area contributed by atoms with E-state index >= 15 is 0 Å². The summed E-state index contributed by atoms with van der Waals surface area (Å²) in [5.74, 6) is 1.06. The van der Waals surface area contributed by atoms with Gasteiger partial charge in [-0.25, -0.2) is 4.99 Å². The topological polar surface area (TPSA) is 77.4 Å². The monoisotopic (exact) mass is 421 g/mol. The minimum absolute atomic E-state index is 0.00410. The third kappa shape index (κ3) is 3.25. The molecule has 0 aliphatic carbocycles. The van der Waals surface area contributed by atoms with Crippen molar-refractivity contribution in [2.45, 2.75) is 6.42 Å². The second-order valence-corrected chi connectivity index (χ2v) is 8.33. The normalized spacial score (nSPS) is 23.3. The number of rotatable bonds is 1. The number of halogens is 1. The predicted octanol–water partition coefficient (Wildman–Crippen LogP) is 1.41. The van der Waals surface area contributed by atoms with Crippen molar-refractivity contribution in [2.75, 3.05) is 30.3 Å². The van der Waals surface area contributed by atoms with Crippen molar-refractivity contribution in [1.29, 1.82) is 0 Å². The van der Waals surface area contributed by atoms with Gasteiger partial charge in [-0.15, -0.1) is 5.10 Å². The average molecular weight is 422 g/mol. The van der Waals surface area contributed by atoms with Crippen LogP contribution >= 0.6 is 15.9 Å². The number of carbonyl (C=O) groups is 1. The molecular formula is C16H16BrN5O2S. The van der Waals surface area contributed by atoms with E-state index in [-0.39, 0.29) is 12.5 Å². The van der Waals surface area contributed by atoms with Crippen LogP contribution in [0.15, 0.2) is 49.4 Å². The molecule has 1 amide bonds. The number of anilines is 1. The standard InChI is InChI=1S/C16H16BrN5O2S/c17-11-2-1-3-12(8-11)22-6-5-21(10-15(22)23)16-18-9-14-13(19-20-16)4-7-25(14)24/h1-3,8-9,19H,4-7,10H2. The van der Waals surface area contributed by atoms with Crippen LogP contribution in [0.3, 0.4) is 0 Å². The summed E-state index contributed by atoms with van der Waals surface area (Å²) in [4.78, 5) is 21.2. The van der Waals surface area contributed by atoms with Gasteiger partial charge in [0, 0.05) is 41.6 Å². The van der Waals surface area contributed by atoms with Crippen molar-refractivity contribution < 1.29 is 9.00 Å². The van der Waals surface area contributed by atoms with E-state index in [1.165, 1.54) is 0 Å². The second kappa shape index (κ2) is 6.72. The Morgan fingerprint density at radius 3 is 2.96 bits per heavy atom. The number of amides is 1. The molecule has 130 valence electrons. The van der Waals surface area contributed by atoms with Crippen molar-refractivity contribution in [1.82, 2.24) is 10.3 Å². The number of piperazine rings is 1. The van der Waals surface area contributed by atoms with Crippen LogP contribution in [-0.4, -0.2) is 52.6 Å². The lowest BCUT2D eigenvalue weighted by molar-refractivity contribution is -0.120. The number of hydrazone groups is 1. The number of nitrogens with one attached hydrogen (secondary N) is 1. The van der Waals surface area contributed by atoms with Crippen molar-refractivity contribution in [3.8, 4) is 0 Å². The minimum Gasteiger partial charge on any atom is -0.328 e. The molecule has 1 N–H and O–H groups in total. The maximum Gasteiger partial charge on any atom is 0.246 e. The SMILES string of the molecule is O=C1CN(C2=NNC3=C(C=N2)S(=O)CC3)CCN1c1cccc(Br)c1. The first-order valence-electron chi connectivity index (χ1n) is 7.92. The van der Waals surface area contributed by atoms with Crippen molar-refractivity contribution in [2.24, 2.45) is 10.1 Å². The fraction of sp³-hybridized carbons (Fsp3) is 0.312. The summed E-state index contributed by atoms with van der Waals surface area (Å²) in [6, 6.07) is 7.70. The Kier molecular flexibility index (Phi) is 4.43. The third-order valence-electron chi connectivity index (χ3n) is 4.29. The smallest absolute Gasteiger partial charge is 0.246 e. The molecule has 1 saturated heterocycles. The Morgan fingerprint density at radius 2 is 2.16 bits per heavy atom. The number of aliphatic imine (C=N–C) groups is 1. The van der Waals surface area contributed by atoms with E-state index in [9.17, 15) is 9.00 Å². The molecule has 4 rings (SSSR count). The van der Waals surface area contributed by atoms with E-state index in [4.69, 9.17) is 0 Å². The van der Waals surface area contributed by atoms with E-state index in [0.717, 1.165) is 15.9 Å². The molecule has 1 fully saturated rings. The fourth-order valence-corrected chi connectivity index (χ4v) is 4.58. The predicted molar refractivity (Wildman–Crippen MR) is 102 cm³/mol. The van der Waals surface area contributed by atoms with Crippen LogP contribution < -0.4 is 10.3 Å². The highest BCUT2D eigenvalue weighted by Gasteiger charge is 2.29. The number of hydrogen-bond donors (Lipinski definition) is 1. The molecule has 25 heavy (non-hydrogen) atoms. The zero-order valence-electron chi connectivity index (χ0n) is 13.3. The zero-order chi connectivity index (χ0) is 17.4. The Hall–Kier alpha value is -2.00. The van der Waals surface area contributed by atoms with Crippen LogP contribution in [-0.2, 0) is 15.6 Å². The Labute approximate surface area is 156 Å². The van der Waals surface area contributed by atoms with Gasteiger partial charge in [-0.05, 0) is 18.2 Å². The lowest BCUT2D eigenvalue weighted by Gasteiger charge is -2.34. The van der Waals surface area contributed by atoms with Gasteiger partial charge in [0.1, 0.15) is 6.54 Å². The Morgan fingerprint density at radius 1 is 1.28 bits per heavy atom. The summed E-state index contributed by atoms with van der Waals surface area (Å²) >= 11 is 3.44. The van der Waals surface area contributed by atoms with Crippen molar-refractivity contribution >= 4 is 50.5 Å². The van der Waals surface area contributed by atoms with E-state index in [1.54, 1.807) is 11.1 Å². The quantitative estimate of drug-likeness (QED) is 0.743. The molecule has 9 heteroatoms. The Balaban J connectivity index is 1.47. The molecule has 3 aliphatic rings. The molecule has 0 aromatic heterocycles. The zero-order valence-corrected chi connectivity index (χ0v) is 15.7. The number of benzene rings is 1. The lowest BCUT2D eigenvalue weighted by Crippen LogP contribution is -2.52. The number of hydrogen-bond acceptors (Lipinski definition) is 6. The van der Waals surface area contributed by atoms with E-state index in [2.05, 4.69) is 31.4 Å². The molecule has 7 nitrogen and oxygen atoms in total. The van der Waals surface area contributed by atoms with E-state index in [0.29, 0.717) is 36.1 Å². The summed E-state index contributed by atoms with van der Waals surface area (Å²) in [6.45, 7) is 1.39. The molecule has 0 radical (unpaired) electrons. The van der Waals surface area contributed by atoms with E-state index in [1.807, 2.05) is 29.2 Å². The first-order chi connectivity index (χ1) is 12.1. The van der Waals surface area contributed by atoms with Crippen LogP contribution in [0.4, 0.5) is 5.69 Å². The summed E-state index contributed by atoms with van der Waals surface area (Å²) in [5, 5.41) is 4.29. The highest BCUT2D eigenvalue weighted by molar-refractivity contribution is 9.10. The van der Waals surface area contributed by atoms with Crippen molar-refractivity contribution in [3.63, 3.8) is 0 Å². The number of carbonyl (C=O) groups excluding carboxylic acids is 1. The molecular weight excluding hydrogens is 406 g/mol. The van der Waals surface area contributed by atoms with Gasteiger partial charge in [-0.1, -0.05) is 22.0 Å². The van der Waals surface area contributed by atoms with Crippen LogP contribution in [0, 0.1) is 0 Å². The van der Waals surface area contributed by atoms with Gasteiger partial charge in [0.25, 0.3) is 0 Å². The number of guanidine groups is 1. The molecule has 0 saturated carbocycles. The van der Waals surface area contributed by atoms with Crippen LogP contribution in [0.2, 0.25) is 0 Å². The van der Waals surface area contributed by atoms with Crippen molar-refractivity contribution in [3.05, 3.63) is 39.3 Å². The van der Waals surface area contributed by atoms with Crippen LogP contribution in [0.1, 0.15) is 6.42 Å². The second-order valence-electron chi connectivity index (χ2n) is 5.87. The first kappa shape index (κ1) is 16.5. The maximum absolute atomic E-state index is 12.6. The number of nitrogens with zero attached hydrogens (tertiary/aromatic N) is 4. The van der Waals surface area contributed by atoms with E-state index < -0.39 is 10.8 Å². The maximum atomic E-state index is 12.6. The van der Waals surface area contributed by atoms with Gasteiger partial charge >= 0.3 is 0 Å². The van der Waals surface area contributed by atoms with Gasteiger partial charge in [0.2, 0.25) is 11.9 Å². The largest absolute Gasteiger partial charge is 0.328 e. The van der Waals surface area contributed by atoms with Crippen LogP contribution in [0.25, 0.3) is 0 Å².